The third-order valence-corrected chi connectivity index (χ3v) is 7.18. The average Bonchev–Trinajstić information content (AvgIpc) is 3.36. The van der Waals surface area contributed by atoms with Gasteiger partial charge in [0.25, 0.3) is 0 Å². The number of nitrogens with one attached hydrogen (secondary N) is 1. The van der Waals surface area contributed by atoms with Crippen LogP contribution in [-0.4, -0.2) is 26.7 Å². The third kappa shape index (κ3) is 4.66. The number of hydrogen-bond acceptors (Lipinski definition) is 3. The number of methoxy groups -OCH3 is 1. The van der Waals surface area contributed by atoms with Crippen molar-refractivity contribution in [1.29, 1.82) is 0 Å². The van der Waals surface area contributed by atoms with Gasteiger partial charge in [0.2, 0.25) is 0 Å². The van der Waals surface area contributed by atoms with E-state index in [4.69, 9.17) is 17.0 Å². The average molecular weight is 483 g/mol. The van der Waals surface area contributed by atoms with Crippen LogP contribution in [0, 0.1) is 13.8 Å². The molecule has 2 aromatic heterocycles. The van der Waals surface area contributed by atoms with Crippen molar-refractivity contribution in [1.82, 2.24) is 19.8 Å². The van der Waals surface area contributed by atoms with Crippen molar-refractivity contribution in [2.75, 3.05) is 7.11 Å². The highest BCUT2D eigenvalue weighted by Gasteiger charge is 2.41. The molecule has 1 fully saturated rings. The lowest BCUT2D eigenvalue weighted by atomic mass is 9.96. The van der Waals surface area contributed by atoms with Gasteiger partial charge < -0.3 is 19.5 Å². The summed E-state index contributed by atoms with van der Waals surface area (Å²) in [7, 11) is 1.69. The zero-order valence-electron chi connectivity index (χ0n) is 20.3. The summed E-state index contributed by atoms with van der Waals surface area (Å²) in [6, 6.07) is 27.2. The summed E-state index contributed by atoms with van der Waals surface area (Å²) >= 11 is 5.89. The Morgan fingerprint density at radius 2 is 1.63 bits per heavy atom. The van der Waals surface area contributed by atoms with Crippen LogP contribution >= 0.6 is 12.2 Å². The number of ether oxygens (including phenoxy) is 1. The number of aryl methyl sites for hydroxylation is 1. The number of hydrogen-bond donors (Lipinski definition) is 1. The molecule has 0 amide bonds. The number of thiocarbonyl (C=S) groups is 1. The van der Waals surface area contributed by atoms with E-state index >= 15 is 0 Å². The van der Waals surface area contributed by atoms with Gasteiger partial charge in [-0.15, -0.1) is 0 Å². The van der Waals surface area contributed by atoms with Crippen LogP contribution in [0.25, 0.3) is 0 Å². The largest absolute Gasteiger partial charge is 0.497 e. The molecule has 5 nitrogen and oxygen atoms in total. The van der Waals surface area contributed by atoms with Gasteiger partial charge in [0.15, 0.2) is 5.11 Å². The van der Waals surface area contributed by atoms with Crippen molar-refractivity contribution in [2.45, 2.75) is 39.0 Å². The smallest absolute Gasteiger partial charge is 0.170 e. The molecule has 0 unspecified atom stereocenters. The summed E-state index contributed by atoms with van der Waals surface area (Å²) < 4.78 is 7.74. The Morgan fingerprint density at radius 3 is 2.31 bits per heavy atom. The van der Waals surface area contributed by atoms with Gasteiger partial charge in [-0.05, 0) is 73.1 Å². The zero-order chi connectivity index (χ0) is 24.4. The quantitative estimate of drug-likeness (QED) is 0.341. The lowest BCUT2D eigenvalue weighted by Crippen LogP contribution is -2.29. The van der Waals surface area contributed by atoms with E-state index in [-0.39, 0.29) is 12.1 Å². The summed E-state index contributed by atoms with van der Waals surface area (Å²) in [6.07, 6.45) is 1.85. The van der Waals surface area contributed by atoms with Crippen molar-refractivity contribution in [2.24, 2.45) is 0 Å². The lowest BCUT2D eigenvalue weighted by molar-refractivity contribution is 0.309. The maximum Gasteiger partial charge on any atom is 0.170 e. The first-order valence-electron chi connectivity index (χ1n) is 11.9. The van der Waals surface area contributed by atoms with E-state index < -0.39 is 0 Å². The molecule has 1 aliphatic rings. The van der Waals surface area contributed by atoms with Crippen molar-refractivity contribution in [3.05, 3.63) is 119 Å². The van der Waals surface area contributed by atoms with Crippen LogP contribution in [0.5, 0.6) is 5.75 Å². The van der Waals surface area contributed by atoms with E-state index in [0.717, 1.165) is 23.1 Å². The molecule has 0 saturated carbocycles. The van der Waals surface area contributed by atoms with E-state index in [1.807, 2.05) is 30.5 Å². The molecule has 1 aliphatic heterocycles. The van der Waals surface area contributed by atoms with E-state index in [9.17, 15) is 0 Å². The Bertz CT molecular complexity index is 1300. The second-order valence-corrected chi connectivity index (χ2v) is 9.39. The Kier molecular flexibility index (Phi) is 6.55. The van der Waals surface area contributed by atoms with Crippen LogP contribution < -0.4 is 10.1 Å². The first kappa shape index (κ1) is 23.1. The second kappa shape index (κ2) is 9.92. The standard InChI is InChI=1S/C29H30N4OS/c1-20-17-25(21(2)32(20)18-22-9-5-4-6-10-22)28-27(26-11-7-8-16-30-26)31-29(35)33(28)19-23-12-14-24(34-3)15-13-23/h4-17,27-28H,18-19H2,1-3H3,(H,31,35)/t27-,28-/m1/s1. The SMILES string of the molecule is COc1ccc(CN2C(=S)N[C@H](c3ccccn3)[C@H]2c2cc(C)n(Cc3ccccc3)c2C)cc1. The molecule has 4 aromatic rings. The van der Waals surface area contributed by atoms with Gasteiger partial charge in [-0.1, -0.05) is 48.5 Å². The molecule has 3 heterocycles. The monoisotopic (exact) mass is 482 g/mol. The number of benzene rings is 2. The Balaban J connectivity index is 1.54. The highest BCUT2D eigenvalue weighted by molar-refractivity contribution is 7.80. The molecular weight excluding hydrogens is 452 g/mol. The predicted octanol–water partition coefficient (Wildman–Crippen LogP) is 5.73. The lowest BCUT2D eigenvalue weighted by Gasteiger charge is -2.28. The van der Waals surface area contributed by atoms with Crippen LogP contribution in [0.15, 0.2) is 85.1 Å². The highest BCUT2D eigenvalue weighted by atomic mass is 32.1. The van der Waals surface area contributed by atoms with Crippen LogP contribution in [0.1, 0.15) is 45.9 Å². The highest BCUT2D eigenvalue weighted by Crippen LogP contribution is 2.41. The van der Waals surface area contributed by atoms with Gasteiger partial charge in [-0.2, -0.15) is 0 Å². The summed E-state index contributed by atoms with van der Waals surface area (Å²) in [4.78, 5) is 6.99. The Labute approximate surface area is 212 Å². The van der Waals surface area contributed by atoms with Crippen LogP contribution in [0.2, 0.25) is 0 Å². The van der Waals surface area contributed by atoms with Gasteiger partial charge in [-0.25, -0.2) is 0 Å². The van der Waals surface area contributed by atoms with Crippen LogP contribution in [0.4, 0.5) is 0 Å². The minimum atomic E-state index is -0.0346. The molecule has 178 valence electrons. The van der Waals surface area contributed by atoms with Crippen molar-refractivity contribution < 1.29 is 4.74 Å². The van der Waals surface area contributed by atoms with E-state index in [1.165, 1.54) is 28.1 Å². The number of aromatic nitrogens is 2. The third-order valence-electron chi connectivity index (χ3n) is 6.82. The first-order valence-corrected chi connectivity index (χ1v) is 12.3. The van der Waals surface area contributed by atoms with Gasteiger partial charge in [-0.3, -0.25) is 4.98 Å². The molecule has 5 rings (SSSR count). The maximum absolute atomic E-state index is 5.89. The minimum absolute atomic E-state index is 0.0234. The van der Waals surface area contributed by atoms with Crippen LogP contribution in [-0.2, 0) is 13.1 Å². The van der Waals surface area contributed by atoms with Crippen LogP contribution in [0.3, 0.4) is 0 Å². The zero-order valence-corrected chi connectivity index (χ0v) is 21.1. The molecule has 0 spiro atoms. The van der Waals surface area contributed by atoms with Gasteiger partial charge in [0.1, 0.15) is 5.75 Å². The fraction of sp³-hybridized carbons (Fsp3) is 0.241. The first-order chi connectivity index (χ1) is 17.0. The normalized spacial score (nSPS) is 17.5. The molecule has 2 aromatic carbocycles. The molecule has 0 bridgehead atoms. The number of rotatable bonds is 7. The van der Waals surface area contributed by atoms with Crippen molar-refractivity contribution >= 4 is 17.3 Å². The topological polar surface area (TPSA) is 42.3 Å². The molecule has 0 radical (unpaired) electrons. The molecule has 35 heavy (non-hydrogen) atoms. The fourth-order valence-corrected chi connectivity index (χ4v) is 5.28. The van der Waals surface area contributed by atoms with Crippen molar-refractivity contribution in [3.8, 4) is 5.75 Å². The summed E-state index contributed by atoms with van der Waals surface area (Å²) in [5, 5.41) is 4.32. The van der Waals surface area contributed by atoms with E-state index in [1.54, 1.807) is 7.11 Å². The molecule has 0 aliphatic carbocycles. The predicted molar refractivity (Wildman–Crippen MR) is 143 cm³/mol. The summed E-state index contributed by atoms with van der Waals surface area (Å²) in [6.45, 7) is 5.94. The Morgan fingerprint density at radius 1 is 0.914 bits per heavy atom. The van der Waals surface area contributed by atoms with E-state index in [0.29, 0.717) is 6.54 Å². The molecule has 6 heteroatoms. The molecule has 1 saturated heterocycles. The van der Waals surface area contributed by atoms with Crippen molar-refractivity contribution in [3.63, 3.8) is 0 Å². The molecule has 1 N–H and O–H groups in total. The van der Waals surface area contributed by atoms with E-state index in [2.05, 4.69) is 88.2 Å². The van der Waals surface area contributed by atoms with Gasteiger partial charge in [0, 0.05) is 30.7 Å². The number of nitrogens with zero attached hydrogens (tertiary/aromatic N) is 3. The van der Waals surface area contributed by atoms with Gasteiger partial charge in [0.05, 0.1) is 24.9 Å². The molecule has 2 atom stereocenters. The number of pyridine rings is 1. The fourth-order valence-electron chi connectivity index (χ4n) is 4.98. The minimum Gasteiger partial charge on any atom is -0.497 e. The molecular formula is C29H30N4OS. The van der Waals surface area contributed by atoms with Gasteiger partial charge >= 0.3 is 0 Å². The second-order valence-electron chi connectivity index (χ2n) is 9.00. The maximum atomic E-state index is 5.89. The Hall–Kier alpha value is -3.64. The summed E-state index contributed by atoms with van der Waals surface area (Å²) in [5.74, 6) is 0.850. The summed E-state index contributed by atoms with van der Waals surface area (Å²) in [5.41, 5.74) is 7.23.